The number of aromatic hydroxyl groups is 1. The summed E-state index contributed by atoms with van der Waals surface area (Å²) in [5.41, 5.74) is 2.86. The molecule has 1 amide bonds. The Hall–Kier alpha value is -1.02. The number of anilines is 1. The fourth-order valence-electron chi connectivity index (χ4n) is 2.97. The standard InChI is InChI=1S/C22H14Cl2I2N2O2.Cu/c1-11-6-15(17(10-27)12-2-4-13(23)5-3-12)18(24)9-20(11)28-22(30)16-7-14(25)8-19(26)21(16)29;/h2-9,17,29H,1H3,(H,28,30);. The molecule has 1 atom stereocenters. The van der Waals surface area contributed by atoms with Gasteiger partial charge in [0.15, 0.2) is 0 Å². The van der Waals surface area contributed by atoms with Crippen molar-refractivity contribution in [1.82, 2.24) is 0 Å². The molecule has 3 aromatic carbocycles. The van der Waals surface area contributed by atoms with E-state index in [9.17, 15) is 15.2 Å². The normalized spacial score (nSPS) is 11.2. The van der Waals surface area contributed by atoms with Crippen LogP contribution in [-0.2, 0) is 17.1 Å². The Morgan fingerprint density at radius 1 is 1.13 bits per heavy atom. The molecule has 163 valence electrons. The minimum absolute atomic E-state index is 0. The van der Waals surface area contributed by atoms with Crippen molar-refractivity contribution in [2.75, 3.05) is 5.32 Å². The Balaban J connectivity index is 0.00000341. The summed E-state index contributed by atoms with van der Waals surface area (Å²) in [6, 6.07) is 16.1. The van der Waals surface area contributed by atoms with E-state index in [4.69, 9.17) is 23.2 Å². The van der Waals surface area contributed by atoms with Crippen LogP contribution in [0.4, 0.5) is 5.69 Å². The van der Waals surface area contributed by atoms with Crippen molar-refractivity contribution < 1.29 is 27.0 Å². The van der Waals surface area contributed by atoms with Crippen molar-refractivity contribution in [1.29, 1.82) is 5.26 Å². The third kappa shape index (κ3) is 6.06. The summed E-state index contributed by atoms with van der Waals surface area (Å²) < 4.78 is 1.43. The largest absolute Gasteiger partial charge is 0.506 e. The van der Waals surface area contributed by atoms with E-state index in [0.29, 0.717) is 24.9 Å². The van der Waals surface area contributed by atoms with Gasteiger partial charge in [0.25, 0.3) is 5.91 Å². The number of aryl methyl sites for hydroxylation is 1. The number of carbonyl (C=O) groups excluding carboxylic acids is 1. The molecule has 4 nitrogen and oxygen atoms in total. The molecule has 0 saturated carbocycles. The Labute approximate surface area is 228 Å². The molecule has 0 bridgehead atoms. The number of rotatable bonds is 4. The molecule has 0 fully saturated rings. The maximum atomic E-state index is 12.7. The number of nitrogens with zero attached hydrogens (tertiary/aromatic N) is 1. The first-order valence-electron chi connectivity index (χ1n) is 8.65. The minimum Gasteiger partial charge on any atom is -0.506 e. The van der Waals surface area contributed by atoms with Crippen LogP contribution in [0.15, 0.2) is 48.5 Å². The number of nitriles is 1. The number of nitrogens with one attached hydrogen (secondary N) is 1. The molecular weight excluding hydrogens is 713 g/mol. The van der Waals surface area contributed by atoms with Crippen molar-refractivity contribution >= 4 is 80.0 Å². The van der Waals surface area contributed by atoms with Gasteiger partial charge in [-0.25, -0.2) is 0 Å². The van der Waals surface area contributed by atoms with E-state index < -0.39 is 11.8 Å². The molecule has 3 aromatic rings. The third-order valence-electron chi connectivity index (χ3n) is 4.51. The van der Waals surface area contributed by atoms with Gasteiger partial charge in [0.1, 0.15) is 5.75 Å². The second kappa shape index (κ2) is 11.2. The van der Waals surface area contributed by atoms with Crippen LogP contribution in [0.2, 0.25) is 10.0 Å². The van der Waals surface area contributed by atoms with Crippen LogP contribution >= 0.6 is 68.4 Å². The van der Waals surface area contributed by atoms with Crippen molar-refractivity contribution in [3.8, 4) is 11.8 Å². The van der Waals surface area contributed by atoms with Crippen LogP contribution in [-0.4, -0.2) is 11.0 Å². The topological polar surface area (TPSA) is 73.1 Å². The second-order valence-electron chi connectivity index (χ2n) is 6.54. The van der Waals surface area contributed by atoms with Gasteiger partial charge < -0.3 is 10.4 Å². The summed E-state index contributed by atoms with van der Waals surface area (Å²) in [5.74, 6) is -1.08. The van der Waals surface area contributed by atoms with Crippen molar-refractivity contribution in [3.63, 3.8) is 0 Å². The Kier molecular flexibility index (Phi) is 9.49. The number of hydrogen-bond acceptors (Lipinski definition) is 3. The first kappa shape index (κ1) is 26.2. The van der Waals surface area contributed by atoms with E-state index in [2.05, 4.69) is 34.0 Å². The molecule has 0 aliphatic rings. The zero-order chi connectivity index (χ0) is 22.0. The summed E-state index contributed by atoms with van der Waals surface area (Å²) >= 11 is 16.5. The third-order valence-corrected chi connectivity index (χ3v) is 6.53. The van der Waals surface area contributed by atoms with E-state index in [1.807, 2.05) is 29.5 Å². The molecule has 0 spiro atoms. The van der Waals surface area contributed by atoms with Crippen molar-refractivity contribution in [3.05, 3.63) is 88.0 Å². The van der Waals surface area contributed by atoms with E-state index >= 15 is 0 Å². The minimum atomic E-state index is -0.570. The van der Waals surface area contributed by atoms with Crippen LogP contribution in [0.5, 0.6) is 5.75 Å². The van der Waals surface area contributed by atoms with Gasteiger partial charge in [0.05, 0.1) is 21.1 Å². The first-order chi connectivity index (χ1) is 14.2. The molecule has 0 aliphatic carbocycles. The quantitative estimate of drug-likeness (QED) is 0.222. The van der Waals surface area contributed by atoms with Crippen molar-refractivity contribution in [2.24, 2.45) is 0 Å². The molecule has 0 saturated heterocycles. The SMILES string of the molecule is Cc1cc(C(C#N)c2ccc(Cl)cc2)c(Cl)cc1NC(=O)c1cc(I)cc(I)c1O.[Cu]. The van der Waals surface area contributed by atoms with Crippen LogP contribution in [0, 0.1) is 25.4 Å². The Bertz CT molecular complexity index is 1180. The van der Waals surface area contributed by atoms with Crippen LogP contribution in [0.1, 0.15) is 33.0 Å². The number of hydrogen-bond donors (Lipinski definition) is 2. The second-order valence-corrected chi connectivity index (χ2v) is 9.79. The fraction of sp³-hybridized carbons (Fsp3) is 0.0909. The molecule has 9 heteroatoms. The molecule has 0 aliphatic heterocycles. The average Bonchev–Trinajstić information content (AvgIpc) is 2.70. The maximum absolute atomic E-state index is 12.7. The number of halogens is 4. The average molecular weight is 727 g/mol. The summed E-state index contributed by atoms with van der Waals surface area (Å²) in [6.45, 7) is 1.82. The number of benzene rings is 3. The van der Waals surface area contributed by atoms with E-state index in [0.717, 1.165) is 14.7 Å². The number of phenols is 1. The van der Waals surface area contributed by atoms with Gasteiger partial charge in [0, 0.05) is 36.4 Å². The zero-order valence-corrected chi connectivity index (χ0v) is 22.6. The fourth-order valence-corrected chi connectivity index (χ4v) is 5.21. The first-order valence-corrected chi connectivity index (χ1v) is 11.6. The summed E-state index contributed by atoms with van der Waals surface area (Å²) in [4.78, 5) is 12.7. The molecule has 0 aromatic heterocycles. The Morgan fingerprint density at radius 3 is 2.39 bits per heavy atom. The smallest absolute Gasteiger partial charge is 0.259 e. The van der Waals surface area contributed by atoms with Gasteiger partial charge in [-0.1, -0.05) is 41.4 Å². The zero-order valence-electron chi connectivity index (χ0n) is 15.8. The van der Waals surface area contributed by atoms with Gasteiger partial charge in [-0.2, -0.15) is 5.26 Å². The van der Waals surface area contributed by atoms with Gasteiger partial charge in [-0.05, 0) is 99.1 Å². The number of amides is 1. The predicted molar refractivity (Wildman–Crippen MR) is 137 cm³/mol. The Morgan fingerprint density at radius 2 is 1.77 bits per heavy atom. The number of carbonyl (C=O) groups is 1. The van der Waals surface area contributed by atoms with E-state index in [1.54, 1.807) is 48.5 Å². The van der Waals surface area contributed by atoms with Crippen LogP contribution in [0.25, 0.3) is 0 Å². The summed E-state index contributed by atoms with van der Waals surface area (Å²) in [6.07, 6.45) is 0. The monoisotopic (exact) mass is 725 g/mol. The maximum Gasteiger partial charge on any atom is 0.259 e. The molecule has 0 heterocycles. The van der Waals surface area contributed by atoms with Gasteiger partial charge in [0.2, 0.25) is 0 Å². The molecule has 2 N–H and O–H groups in total. The molecular formula is C22H14Cl2CuI2N2O2. The number of phenolic OH excluding ortho intramolecular Hbond substituents is 1. The van der Waals surface area contributed by atoms with E-state index in [1.165, 1.54) is 0 Å². The predicted octanol–water partition coefficient (Wildman–Crippen LogP) is 7.12. The molecule has 1 unspecified atom stereocenters. The van der Waals surface area contributed by atoms with Crippen molar-refractivity contribution in [2.45, 2.75) is 12.8 Å². The summed E-state index contributed by atoms with van der Waals surface area (Å²) in [5, 5.41) is 23.7. The summed E-state index contributed by atoms with van der Waals surface area (Å²) in [7, 11) is 0. The van der Waals surface area contributed by atoms with Crippen LogP contribution in [0.3, 0.4) is 0 Å². The van der Waals surface area contributed by atoms with Gasteiger partial charge >= 0.3 is 0 Å². The van der Waals surface area contributed by atoms with Crippen LogP contribution < -0.4 is 5.32 Å². The molecule has 1 radical (unpaired) electrons. The van der Waals surface area contributed by atoms with Gasteiger partial charge in [-0.15, -0.1) is 0 Å². The molecule has 31 heavy (non-hydrogen) atoms. The van der Waals surface area contributed by atoms with E-state index in [-0.39, 0.29) is 28.4 Å². The van der Waals surface area contributed by atoms with Gasteiger partial charge in [-0.3, -0.25) is 4.79 Å². The molecule has 3 rings (SSSR count).